The van der Waals surface area contributed by atoms with E-state index in [0.717, 1.165) is 0 Å². The van der Waals surface area contributed by atoms with Crippen LogP contribution in [0.3, 0.4) is 0 Å². The highest BCUT2D eigenvalue weighted by molar-refractivity contribution is 6.33. The zero-order chi connectivity index (χ0) is 24.1. The van der Waals surface area contributed by atoms with Gasteiger partial charge in [-0.05, 0) is 61.0 Å². The minimum absolute atomic E-state index is 0.0254. The number of imidazole rings is 1. The van der Waals surface area contributed by atoms with Crippen LogP contribution < -0.4 is 16.3 Å². The van der Waals surface area contributed by atoms with Gasteiger partial charge in [0.1, 0.15) is 0 Å². The number of fused-ring (bicyclic) bond motifs is 1. The van der Waals surface area contributed by atoms with Gasteiger partial charge in [0.25, 0.3) is 5.91 Å². The maximum absolute atomic E-state index is 12.8. The molecule has 0 radical (unpaired) electrons. The number of aromatic amines is 1. The van der Waals surface area contributed by atoms with Crippen LogP contribution in [0.25, 0.3) is 11.0 Å². The zero-order valence-electron chi connectivity index (χ0n) is 17.9. The Bertz CT molecular complexity index is 1410. The van der Waals surface area contributed by atoms with Gasteiger partial charge in [-0.15, -0.1) is 0 Å². The first-order chi connectivity index (χ1) is 16.4. The molecule has 4 N–H and O–H groups in total. The molecule has 0 aliphatic heterocycles. The first-order valence-corrected chi connectivity index (χ1v) is 11.2. The number of anilines is 1. The fraction of sp³-hybridized carbons (Fsp3) is 0.125. The molecule has 0 atom stereocenters. The number of H-pyrrole nitrogens is 1. The minimum atomic E-state index is -0.391. The molecule has 34 heavy (non-hydrogen) atoms. The fourth-order valence-electron chi connectivity index (χ4n) is 3.35. The molecule has 0 spiro atoms. The van der Waals surface area contributed by atoms with Gasteiger partial charge >= 0.3 is 5.69 Å². The number of hydrogen-bond donors (Lipinski definition) is 4. The van der Waals surface area contributed by atoms with Crippen LogP contribution in [0.15, 0.2) is 76.5 Å². The van der Waals surface area contributed by atoms with Gasteiger partial charge in [0.05, 0.1) is 21.7 Å². The van der Waals surface area contributed by atoms with E-state index in [1.165, 1.54) is 0 Å². The van der Waals surface area contributed by atoms with Crippen LogP contribution >= 0.6 is 23.2 Å². The number of benzene rings is 3. The summed E-state index contributed by atoms with van der Waals surface area (Å²) in [5, 5.41) is 16.0. The molecule has 3 aromatic carbocycles. The lowest BCUT2D eigenvalue weighted by Crippen LogP contribution is -2.35. The number of aliphatic hydroxyl groups excluding tert-OH is 1. The topological polar surface area (TPSA) is 112 Å². The van der Waals surface area contributed by atoms with E-state index in [1.54, 1.807) is 71.3 Å². The lowest BCUT2D eigenvalue weighted by atomic mass is 10.2. The number of nitrogens with one attached hydrogen (secondary N) is 3. The largest absolute Gasteiger partial charge is 0.396 e. The summed E-state index contributed by atoms with van der Waals surface area (Å²) >= 11 is 12.2. The van der Waals surface area contributed by atoms with E-state index >= 15 is 0 Å². The van der Waals surface area contributed by atoms with Gasteiger partial charge in [0.15, 0.2) is 0 Å². The van der Waals surface area contributed by atoms with Crippen LogP contribution in [-0.2, 0) is 6.54 Å². The molecule has 4 aromatic rings. The van der Waals surface area contributed by atoms with E-state index in [4.69, 9.17) is 28.3 Å². The molecule has 1 heterocycles. The van der Waals surface area contributed by atoms with Crippen molar-refractivity contribution < 1.29 is 9.90 Å². The Kier molecular flexibility index (Phi) is 7.32. The van der Waals surface area contributed by atoms with Gasteiger partial charge in [0.2, 0.25) is 5.96 Å². The average Bonchev–Trinajstić information content (AvgIpc) is 3.13. The molecule has 0 saturated carbocycles. The smallest absolute Gasteiger partial charge is 0.326 e. The highest BCUT2D eigenvalue weighted by Gasteiger charge is 2.13. The molecule has 0 bridgehead atoms. The van der Waals surface area contributed by atoms with E-state index in [2.05, 4.69) is 20.6 Å². The van der Waals surface area contributed by atoms with Crippen molar-refractivity contribution in [3.8, 4) is 0 Å². The SMILES string of the molecule is O=C(NC(=Nc1ccccc1Cl)Nc1ccc2[nH]c(=O)n(CCCO)c2c1)c1ccc(Cl)cc1. The van der Waals surface area contributed by atoms with Crippen LogP contribution in [0.2, 0.25) is 10.0 Å². The second kappa shape index (κ2) is 10.6. The lowest BCUT2D eigenvalue weighted by molar-refractivity contribution is 0.0977. The summed E-state index contributed by atoms with van der Waals surface area (Å²) in [5.74, 6) is -0.246. The molecular weight excluding hydrogens is 477 g/mol. The maximum atomic E-state index is 12.8. The Morgan fingerprint density at radius 3 is 2.56 bits per heavy atom. The Morgan fingerprint density at radius 2 is 1.82 bits per heavy atom. The first kappa shape index (κ1) is 23.6. The Morgan fingerprint density at radius 1 is 1.06 bits per heavy atom. The van der Waals surface area contributed by atoms with E-state index in [1.807, 2.05) is 0 Å². The van der Waals surface area contributed by atoms with Gasteiger partial charge in [-0.25, -0.2) is 9.79 Å². The lowest BCUT2D eigenvalue weighted by Gasteiger charge is -2.13. The van der Waals surface area contributed by atoms with Gasteiger partial charge < -0.3 is 15.4 Å². The van der Waals surface area contributed by atoms with Crippen molar-refractivity contribution in [3.63, 3.8) is 0 Å². The number of rotatable bonds is 6. The molecule has 0 fully saturated rings. The van der Waals surface area contributed by atoms with Crippen molar-refractivity contribution in [2.24, 2.45) is 4.99 Å². The highest BCUT2D eigenvalue weighted by atomic mass is 35.5. The summed E-state index contributed by atoms with van der Waals surface area (Å²) < 4.78 is 1.55. The molecule has 0 aliphatic rings. The minimum Gasteiger partial charge on any atom is -0.396 e. The molecule has 0 unspecified atom stereocenters. The standard InChI is InChI=1S/C24H21Cl2N5O3/c25-16-8-6-15(7-9-16)22(33)30-23(28-19-5-2-1-4-18(19)26)27-17-10-11-20-21(14-17)31(12-3-13-32)24(34)29-20/h1-2,4-11,14,32H,3,12-13H2,(H,29,34)(H2,27,28,30,33). The summed E-state index contributed by atoms with van der Waals surface area (Å²) in [5.41, 5.74) is 2.50. The van der Waals surface area contributed by atoms with Crippen molar-refractivity contribution in [1.82, 2.24) is 14.9 Å². The van der Waals surface area contributed by atoms with Crippen LogP contribution in [0.4, 0.5) is 11.4 Å². The number of aromatic nitrogens is 2. The summed E-state index contributed by atoms with van der Waals surface area (Å²) in [6.07, 6.45) is 0.445. The normalized spacial score (nSPS) is 11.6. The number of hydrogen-bond acceptors (Lipinski definition) is 4. The second-order valence-corrected chi connectivity index (χ2v) is 8.23. The predicted molar refractivity (Wildman–Crippen MR) is 135 cm³/mol. The van der Waals surface area contributed by atoms with Crippen molar-refractivity contribution in [1.29, 1.82) is 0 Å². The van der Waals surface area contributed by atoms with Crippen LogP contribution in [-0.4, -0.2) is 33.1 Å². The number of nitrogens with zero attached hydrogens (tertiary/aromatic N) is 2. The molecule has 1 amide bonds. The number of aliphatic hydroxyl groups is 1. The molecule has 174 valence electrons. The molecule has 0 aliphatic carbocycles. The van der Waals surface area contributed by atoms with Gasteiger partial charge in [-0.3, -0.25) is 14.7 Å². The average molecular weight is 498 g/mol. The highest BCUT2D eigenvalue weighted by Crippen LogP contribution is 2.24. The van der Waals surface area contributed by atoms with Crippen molar-refractivity contribution in [2.75, 3.05) is 11.9 Å². The summed E-state index contributed by atoms with van der Waals surface area (Å²) in [7, 11) is 0. The van der Waals surface area contributed by atoms with E-state index in [0.29, 0.717) is 51.0 Å². The maximum Gasteiger partial charge on any atom is 0.326 e. The van der Waals surface area contributed by atoms with E-state index < -0.39 is 5.91 Å². The Balaban J connectivity index is 1.68. The zero-order valence-corrected chi connectivity index (χ0v) is 19.4. The van der Waals surface area contributed by atoms with Crippen molar-refractivity contribution in [2.45, 2.75) is 13.0 Å². The third-order valence-corrected chi connectivity index (χ3v) is 5.57. The van der Waals surface area contributed by atoms with Gasteiger partial charge in [0, 0.05) is 29.4 Å². The third-order valence-electron chi connectivity index (χ3n) is 5.00. The van der Waals surface area contributed by atoms with Crippen molar-refractivity contribution >= 4 is 57.5 Å². The van der Waals surface area contributed by atoms with Gasteiger partial charge in [-0.1, -0.05) is 35.3 Å². The molecule has 8 nitrogen and oxygen atoms in total. The number of halogens is 2. The second-order valence-electron chi connectivity index (χ2n) is 7.39. The molecular formula is C24H21Cl2N5O3. The summed E-state index contributed by atoms with van der Waals surface area (Å²) in [6, 6.07) is 18.7. The number of carbonyl (C=O) groups is 1. The monoisotopic (exact) mass is 497 g/mol. The number of para-hydroxylation sites is 1. The van der Waals surface area contributed by atoms with Crippen LogP contribution in [0.1, 0.15) is 16.8 Å². The van der Waals surface area contributed by atoms with Crippen molar-refractivity contribution in [3.05, 3.63) is 92.8 Å². The number of aliphatic imine (C=N–C) groups is 1. The number of guanidine groups is 1. The number of amides is 1. The quantitative estimate of drug-likeness (QED) is 0.231. The van der Waals surface area contributed by atoms with Gasteiger partial charge in [-0.2, -0.15) is 0 Å². The molecule has 0 saturated heterocycles. The molecule has 10 heteroatoms. The summed E-state index contributed by atoms with van der Waals surface area (Å²) in [6.45, 7) is 0.342. The third kappa shape index (κ3) is 5.48. The van der Waals surface area contributed by atoms with Crippen LogP contribution in [0, 0.1) is 0 Å². The van der Waals surface area contributed by atoms with E-state index in [-0.39, 0.29) is 18.3 Å². The summed E-state index contributed by atoms with van der Waals surface area (Å²) in [4.78, 5) is 32.4. The van der Waals surface area contributed by atoms with Crippen LogP contribution in [0.5, 0.6) is 0 Å². The first-order valence-electron chi connectivity index (χ1n) is 10.4. The molecule has 4 rings (SSSR count). The Hall–Kier alpha value is -3.59. The fourth-order valence-corrected chi connectivity index (χ4v) is 3.65. The predicted octanol–water partition coefficient (Wildman–Crippen LogP) is 4.55. The molecule has 1 aromatic heterocycles. The Labute approximate surface area is 204 Å². The van der Waals surface area contributed by atoms with E-state index in [9.17, 15) is 9.59 Å². The number of aryl methyl sites for hydroxylation is 1. The number of carbonyl (C=O) groups excluding carboxylic acids is 1.